The van der Waals surface area contributed by atoms with Gasteiger partial charge < -0.3 is 29.8 Å². The largest absolute Gasteiger partial charge is 0.479 e. The van der Waals surface area contributed by atoms with Crippen molar-refractivity contribution in [2.24, 2.45) is 5.92 Å². The van der Waals surface area contributed by atoms with E-state index in [-0.39, 0.29) is 29.8 Å². The predicted octanol–water partition coefficient (Wildman–Crippen LogP) is 2.56. The lowest BCUT2D eigenvalue weighted by atomic mass is 9.97. The average molecular weight is 606 g/mol. The van der Waals surface area contributed by atoms with Gasteiger partial charge in [0.1, 0.15) is 5.82 Å². The molecule has 3 N–H and O–H groups in total. The first kappa shape index (κ1) is 29.3. The topological polar surface area (TPSA) is 151 Å². The Balaban J connectivity index is 0.00000353. The predicted molar refractivity (Wildman–Crippen MR) is 151 cm³/mol. The van der Waals surface area contributed by atoms with E-state index in [1.165, 1.54) is 10.6 Å². The van der Waals surface area contributed by atoms with E-state index >= 15 is 0 Å². The highest BCUT2D eigenvalue weighted by Gasteiger charge is 2.28. The maximum Gasteiger partial charge on any atom is 0.341 e. The Morgan fingerprint density at radius 3 is 2.64 bits per heavy atom. The molecule has 2 fully saturated rings. The van der Waals surface area contributed by atoms with E-state index in [0.29, 0.717) is 55.4 Å². The van der Waals surface area contributed by atoms with Gasteiger partial charge in [-0.3, -0.25) is 4.90 Å². The van der Waals surface area contributed by atoms with Crippen LogP contribution in [0.25, 0.3) is 17.4 Å². The van der Waals surface area contributed by atoms with Crippen molar-refractivity contribution >= 4 is 41.7 Å². The number of halogens is 3. The van der Waals surface area contributed by atoms with Crippen molar-refractivity contribution in [2.45, 2.75) is 12.8 Å². The standard InChI is InChI=1S/C26H29F2N9O4.ClH/c27-17-11-18(28)21(41-15-22(38)39)12-19(17)35-8-6-34(7-9-35)13-16-3-1-5-36(14-16)25-31-24(29)37-26(32-25)30-23(33-37)20-4-2-10-40-20;/h2,4,10-12,16H,1,3,5-9,13-15H2,(H,38,39)(H2,29,30,31,32,33);1H/t16-;/m0./s1. The number of benzene rings is 1. The number of aromatic nitrogens is 5. The van der Waals surface area contributed by atoms with Crippen molar-refractivity contribution in [3.8, 4) is 17.3 Å². The second-order valence-corrected chi connectivity index (χ2v) is 10.2. The number of hydrogen-bond acceptors (Lipinski definition) is 11. The highest BCUT2D eigenvalue weighted by molar-refractivity contribution is 5.85. The lowest BCUT2D eigenvalue weighted by Crippen LogP contribution is -2.50. The molecule has 0 radical (unpaired) electrons. The van der Waals surface area contributed by atoms with Gasteiger partial charge in [0.15, 0.2) is 23.9 Å². The van der Waals surface area contributed by atoms with Gasteiger partial charge in [-0.25, -0.2) is 13.6 Å². The molecule has 13 nitrogen and oxygen atoms in total. The zero-order chi connectivity index (χ0) is 28.5. The summed E-state index contributed by atoms with van der Waals surface area (Å²) in [5.41, 5.74) is 6.39. The van der Waals surface area contributed by atoms with Gasteiger partial charge in [-0.15, -0.1) is 17.5 Å². The minimum Gasteiger partial charge on any atom is -0.479 e. The van der Waals surface area contributed by atoms with Crippen LogP contribution >= 0.6 is 12.4 Å². The number of piperazine rings is 1. The van der Waals surface area contributed by atoms with Gasteiger partial charge in [0, 0.05) is 57.9 Å². The second-order valence-electron chi connectivity index (χ2n) is 10.2. The van der Waals surface area contributed by atoms with Gasteiger partial charge in [0.25, 0.3) is 5.78 Å². The molecule has 2 saturated heterocycles. The molecule has 0 spiro atoms. The summed E-state index contributed by atoms with van der Waals surface area (Å²) < 4.78 is 40.4. The van der Waals surface area contributed by atoms with Gasteiger partial charge >= 0.3 is 5.97 Å². The smallest absolute Gasteiger partial charge is 0.341 e. The van der Waals surface area contributed by atoms with Crippen molar-refractivity contribution in [1.29, 1.82) is 0 Å². The molecule has 224 valence electrons. The van der Waals surface area contributed by atoms with Crippen LogP contribution < -0.4 is 20.3 Å². The highest BCUT2D eigenvalue weighted by Crippen LogP contribution is 2.30. The number of carboxylic acids is 1. The molecule has 3 aromatic heterocycles. The molecule has 1 aromatic carbocycles. The number of ether oxygens (including phenoxy) is 1. The number of rotatable bonds is 8. The quantitative estimate of drug-likeness (QED) is 0.304. The molecule has 1 atom stereocenters. The first-order valence-electron chi connectivity index (χ1n) is 13.3. The third-order valence-corrected chi connectivity index (χ3v) is 7.35. The van der Waals surface area contributed by atoms with E-state index in [1.54, 1.807) is 18.4 Å². The summed E-state index contributed by atoms with van der Waals surface area (Å²) in [5, 5.41) is 13.2. The molecule has 0 amide bonds. The van der Waals surface area contributed by atoms with Crippen LogP contribution in [0, 0.1) is 17.6 Å². The van der Waals surface area contributed by atoms with Gasteiger partial charge in [0.05, 0.1) is 12.0 Å². The Kier molecular flexibility index (Phi) is 8.59. The lowest BCUT2D eigenvalue weighted by Gasteiger charge is -2.40. The molecule has 5 heterocycles. The number of nitrogen functional groups attached to an aromatic ring is 1. The number of carboxylic acid groups (broad SMARTS) is 1. The highest BCUT2D eigenvalue weighted by atomic mass is 35.5. The first-order chi connectivity index (χ1) is 19.8. The fourth-order valence-electron chi connectivity index (χ4n) is 5.39. The van der Waals surface area contributed by atoms with E-state index in [2.05, 4.69) is 29.9 Å². The lowest BCUT2D eigenvalue weighted by molar-refractivity contribution is -0.139. The van der Waals surface area contributed by atoms with E-state index in [1.807, 2.05) is 4.90 Å². The summed E-state index contributed by atoms with van der Waals surface area (Å²) in [6, 6.07) is 5.49. The third kappa shape index (κ3) is 6.16. The fourth-order valence-corrected chi connectivity index (χ4v) is 5.39. The average Bonchev–Trinajstić information content (AvgIpc) is 3.64. The van der Waals surface area contributed by atoms with Crippen LogP contribution in [-0.4, -0.2) is 93.0 Å². The van der Waals surface area contributed by atoms with Crippen LogP contribution in [0.15, 0.2) is 34.9 Å². The van der Waals surface area contributed by atoms with Gasteiger partial charge in [-0.2, -0.15) is 19.5 Å². The molecule has 0 aliphatic carbocycles. The third-order valence-electron chi connectivity index (χ3n) is 7.35. The number of furan rings is 1. The molecule has 0 bridgehead atoms. The van der Waals surface area contributed by atoms with Crippen molar-refractivity contribution in [1.82, 2.24) is 29.5 Å². The monoisotopic (exact) mass is 605 g/mol. The molecular weight excluding hydrogens is 576 g/mol. The number of fused-ring (bicyclic) bond motifs is 1. The van der Waals surface area contributed by atoms with E-state index in [4.69, 9.17) is 20.0 Å². The number of anilines is 3. The SMILES string of the molecule is Cl.Nc1nc(N2CCC[C@@H](CN3CCN(c4cc(OCC(=O)O)c(F)cc4F)CC3)C2)nc2nc(-c3ccco3)nn12. The number of piperidine rings is 1. The Morgan fingerprint density at radius 2 is 1.90 bits per heavy atom. The van der Waals surface area contributed by atoms with E-state index in [9.17, 15) is 13.6 Å². The Bertz CT molecular complexity index is 1550. The number of hydrogen-bond donors (Lipinski definition) is 2. The summed E-state index contributed by atoms with van der Waals surface area (Å²) in [6.45, 7) is 4.18. The van der Waals surface area contributed by atoms with Crippen molar-refractivity contribution in [2.75, 3.05) is 68.0 Å². The molecule has 16 heteroatoms. The molecule has 0 saturated carbocycles. The summed E-state index contributed by atoms with van der Waals surface area (Å²) in [5.74, 6) is -0.836. The Morgan fingerprint density at radius 1 is 1.10 bits per heavy atom. The zero-order valence-electron chi connectivity index (χ0n) is 22.5. The van der Waals surface area contributed by atoms with Gasteiger partial charge in [-0.05, 0) is 30.9 Å². The minimum absolute atomic E-state index is 0. The minimum atomic E-state index is -1.24. The van der Waals surface area contributed by atoms with Crippen molar-refractivity contribution in [3.63, 3.8) is 0 Å². The number of aliphatic carboxylic acids is 1. The molecule has 4 aromatic rings. The van der Waals surface area contributed by atoms with Gasteiger partial charge in [0.2, 0.25) is 17.7 Å². The van der Waals surface area contributed by atoms with Crippen LogP contribution in [-0.2, 0) is 4.79 Å². The molecule has 0 unspecified atom stereocenters. The van der Waals surface area contributed by atoms with Crippen LogP contribution in [0.2, 0.25) is 0 Å². The van der Waals surface area contributed by atoms with Crippen molar-refractivity contribution < 1.29 is 27.8 Å². The van der Waals surface area contributed by atoms with Crippen LogP contribution in [0.4, 0.5) is 26.4 Å². The summed E-state index contributed by atoms with van der Waals surface area (Å²) in [7, 11) is 0. The number of nitrogens with zero attached hydrogens (tertiary/aromatic N) is 8. The van der Waals surface area contributed by atoms with Crippen LogP contribution in [0.1, 0.15) is 12.8 Å². The second kappa shape index (κ2) is 12.3. The normalized spacial score (nSPS) is 17.8. The summed E-state index contributed by atoms with van der Waals surface area (Å²) >= 11 is 0. The summed E-state index contributed by atoms with van der Waals surface area (Å²) in [6.07, 6.45) is 3.58. The Hall–Kier alpha value is -4.24. The molecular formula is C26H30ClF2N9O4. The molecule has 2 aliphatic heterocycles. The fraction of sp³-hybridized carbons (Fsp3) is 0.423. The molecule has 42 heavy (non-hydrogen) atoms. The Labute approximate surface area is 245 Å². The summed E-state index contributed by atoms with van der Waals surface area (Å²) in [4.78, 5) is 30.6. The first-order valence-corrected chi connectivity index (χ1v) is 13.3. The van der Waals surface area contributed by atoms with E-state index < -0.39 is 24.2 Å². The number of carbonyl (C=O) groups is 1. The zero-order valence-corrected chi connectivity index (χ0v) is 23.3. The van der Waals surface area contributed by atoms with Gasteiger partial charge in [-0.1, -0.05) is 0 Å². The maximum atomic E-state index is 14.6. The maximum absolute atomic E-state index is 14.6. The van der Waals surface area contributed by atoms with E-state index in [0.717, 1.165) is 38.5 Å². The van der Waals surface area contributed by atoms with Crippen LogP contribution in [0.3, 0.4) is 0 Å². The molecule has 2 aliphatic rings. The van der Waals surface area contributed by atoms with Crippen LogP contribution in [0.5, 0.6) is 5.75 Å². The van der Waals surface area contributed by atoms with Crippen molar-refractivity contribution in [3.05, 3.63) is 42.2 Å². The molecule has 6 rings (SSSR count). The number of nitrogens with two attached hydrogens (primary N) is 1.